The third kappa shape index (κ3) is 5.89. The molecule has 0 aliphatic carbocycles. The van der Waals surface area contributed by atoms with Gasteiger partial charge in [0.1, 0.15) is 36.0 Å². The quantitative estimate of drug-likeness (QED) is 0.329. The molecule has 0 spiro atoms. The molecule has 0 bridgehead atoms. The molecule has 0 aliphatic heterocycles. The van der Waals surface area contributed by atoms with Crippen LogP contribution in [0.15, 0.2) is 57.4 Å². The van der Waals surface area contributed by atoms with Crippen molar-refractivity contribution >= 4 is 23.9 Å². The predicted octanol–water partition coefficient (Wildman–Crippen LogP) is 2.23. The van der Waals surface area contributed by atoms with Gasteiger partial charge >= 0.3 is 0 Å². The molecule has 2 N–H and O–H groups in total. The zero-order valence-corrected chi connectivity index (χ0v) is 15.2. The van der Waals surface area contributed by atoms with E-state index in [0.717, 1.165) is 5.75 Å². The number of carbonyl (C=O) groups excluding carboxylic acids is 1. The Bertz CT molecular complexity index is 877. The van der Waals surface area contributed by atoms with Crippen LogP contribution >= 0.6 is 11.8 Å². The van der Waals surface area contributed by atoms with E-state index in [4.69, 9.17) is 13.9 Å². The van der Waals surface area contributed by atoms with Gasteiger partial charge < -0.3 is 13.9 Å². The fourth-order valence-corrected chi connectivity index (χ4v) is 2.54. The van der Waals surface area contributed by atoms with Crippen LogP contribution in [0, 0.1) is 0 Å². The van der Waals surface area contributed by atoms with Crippen molar-refractivity contribution < 1.29 is 18.7 Å². The van der Waals surface area contributed by atoms with Crippen molar-refractivity contribution in [3.05, 3.63) is 54.2 Å². The van der Waals surface area contributed by atoms with E-state index in [0.29, 0.717) is 22.4 Å². The smallest absolute Gasteiger partial charge is 0.250 e. The molecular formula is C17H17N5O4S. The second-order valence-corrected chi connectivity index (χ2v) is 6.10. The van der Waals surface area contributed by atoms with Crippen molar-refractivity contribution in [2.45, 2.75) is 11.8 Å². The van der Waals surface area contributed by atoms with Crippen molar-refractivity contribution in [3.8, 4) is 11.5 Å². The van der Waals surface area contributed by atoms with E-state index >= 15 is 0 Å². The Morgan fingerprint density at radius 3 is 2.85 bits per heavy atom. The number of amides is 1. The number of hydrazone groups is 1. The van der Waals surface area contributed by atoms with Crippen LogP contribution in [0.1, 0.15) is 11.5 Å². The lowest BCUT2D eigenvalue weighted by Crippen LogP contribution is -2.19. The number of hydrogen-bond acceptors (Lipinski definition) is 8. The average molecular weight is 387 g/mol. The van der Waals surface area contributed by atoms with Crippen molar-refractivity contribution in [2.75, 3.05) is 12.9 Å². The average Bonchev–Trinajstić information content (AvgIpc) is 3.37. The highest BCUT2D eigenvalue weighted by molar-refractivity contribution is 7.99. The highest BCUT2D eigenvalue weighted by atomic mass is 32.2. The van der Waals surface area contributed by atoms with Gasteiger partial charge in [0.25, 0.3) is 5.91 Å². The summed E-state index contributed by atoms with van der Waals surface area (Å²) in [6, 6.07) is 10.8. The first-order valence-electron chi connectivity index (χ1n) is 7.88. The third-order valence-electron chi connectivity index (χ3n) is 3.24. The summed E-state index contributed by atoms with van der Waals surface area (Å²) < 4.78 is 16.3. The van der Waals surface area contributed by atoms with Gasteiger partial charge in [0, 0.05) is 0 Å². The van der Waals surface area contributed by atoms with Crippen molar-refractivity contribution in [1.82, 2.24) is 20.6 Å². The molecule has 140 valence electrons. The number of hydrogen-bond donors (Lipinski definition) is 2. The molecule has 2 heterocycles. The Hall–Kier alpha value is -3.27. The van der Waals surface area contributed by atoms with E-state index in [1.165, 1.54) is 24.3 Å². The molecule has 3 rings (SSSR count). The first-order chi connectivity index (χ1) is 13.2. The van der Waals surface area contributed by atoms with E-state index in [1.54, 1.807) is 19.2 Å². The summed E-state index contributed by atoms with van der Waals surface area (Å²) >= 11 is 1.23. The summed E-state index contributed by atoms with van der Waals surface area (Å²) in [6.45, 7) is 0.278. The number of carbonyl (C=O) groups is 1. The molecule has 0 atom stereocenters. The van der Waals surface area contributed by atoms with Gasteiger partial charge in [-0.3, -0.25) is 9.89 Å². The lowest BCUT2D eigenvalue weighted by molar-refractivity contribution is -0.118. The lowest BCUT2D eigenvalue weighted by atomic mass is 10.3. The number of aromatic amines is 1. The van der Waals surface area contributed by atoms with Gasteiger partial charge in [0.15, 0.2) is 5.16 Å². The molecule has 3 aromatic rings. The number of thioether (sulfide) groups is 1. The fourth-order valence-electron chi connectivity index (χ4n) is 1.97. The molecule has 0 fully saturated rings. The van der Waals surface area contributed by atoms with Gasteiger partial charge in [-0.1, -0.05) is 11.8 Å². The Morgan fingerprint density at radius 2 is 2.11 bits per heavy atom. The second-order valence-electron chi connectivity index (χ2n) is 5.14. The van der Waals surface area contributed by atoms with E-state index in [2.05, 4.69) is 25.7 Å². The summed E-state index contributed by atoms with van der Waals surface area (Å²) in [5.41, 5.74) is 2.42. The van der Waals surface area contributed by atoms with Crippen LogP contribution in [0.25, 0.3) is 0 Å². The molecule has 1 aromatic carbocycles. The lowest BCUT2D eigenvalue weighted by Gasteiger charge is -2.05. The maximum absolute atomic E-state index is 11.7. The second kappa shape index (κ2) is 9.43. The van der Waals surface area contributed by atoms with Gasteiger partial charge in [-0.2, -0.15) is 10.2 Å². The number of furan rings is 1. The minimum absolute atomic E-state index is 0.172. The van der Waals surface area contributed by atoms with E-state index in [-0.39, 0.29) is 18.3 Å². The summed E-state index contributed by atoms with van der Waals surface area (Å²) in [7, 11) is 1.61. The standard InChI is InChI=1S/C17H17N5O4S/c1-24-12-2-4-13(5-3-12)25-9-15-7-6-14(26-15)8-19-21-16(23)10-27-17-18-11-20-22-17/h2-8,11H,9-10H2,1H3,(H,21,23)(H,18,20,22)/b19-8+. The van der Waals surface area contributed by atoms with Crippen LogP contribution in [0.3, 0.4) is 0 Å². The molecule has 0 unspecified atom stereocenters. The van der Waals surface area contributed by atoms with Crippen LogP contribution in [0.2, 0.25) is 0 Å². The number of aromatic nitrogens is 3. The first-order valence-corrected chi connectivity index (χ1v) is 8.87. The number of nitrogens with one attached hydrogen (secondary N) is 2. The Kier molecular flexibility index (Phi) is 6.47. The van der Waals surface area contributed by atoms with Gasteiger partial charge in [-0.25, -0.2) is 10.4 Å². The predicted molar refractivity (Wildman–Crippen MR) is 98.9 cm³/mol. The summed E-state index contributed by atoms with van der Waals surface area (Å²) in [5, 5.41) is 10.8. The Labute approximate surface area is 159 Å². The number of H-pyrrole nitrogens is 1. The maximum Gasteiger partial charge on any atom is 0.250 e. The van der Waals surface area contributed by atoms with E-state index in [1.807, 2.05) is 24.3 Å². The highest BCUT2D eigenvalue weighted by Gasteiger charge is 2.04. The van der Waals surface area contributed by atoms with Crippen molar-refractivity contribution in [3.63, 3.8) is 0 Å². The molecule has 0 saturated heterocycles. The number of ether oxygens (including phenoxy) is 2. The largest absolute Gasteiger partial charge is 0.497 e. The normalized spacial score (nSPS) is 10.9. The number of nitrogens with zero attached hydrogens (tertiary/aromatic N) is 3. The molecule has 9 nitrogen and oxygen atoms in total. The van der Waals surface area contributed by atoms with Gasteiger partial charge in [-0.15, -0.1) is 0 Å². The topological polar surface area (TPSA) is 115 Å². The maximum atomic E-state index is 11.7. The molecule has 2 aromatic heterocycles. The van der Waals surface area contributed by atoms with E-state index < -0.39 is 0 Å². The zero-order chi connectivity index (χ0) is 18.9. The Morgan fingerprint density at radius 1 is 1.30 bits per heavy atom. The monoisotopic (exact) mass is 387 g/mol. The minimum Gasteiger partial charge on any atom is -0.497 e. The third-order valence-corrected chi connectivity index (χ3v) is 4.11. The molecule has 27 heavy (non-hydrogen) atoms. The van der Waals surface area contributed by atoms with Gasteiger partial charge in [0.2, 0.25) is 0 Å². The summed E-state index contributed by atoms with van der Waals surface area (Å²) in [4.78, 5) is 15.6. The molecule has 0 saturated carbocycles. The molecule has 1 amide bonds. The van der Waals surface area contributed by atoms with Gasteiger partial charge in [0.05, 0.1) is 19.1 Å². The summed E-state index contributed by atoms with van der Waals surface area (Å²) in [5.74, 6) is 2.53. The number of benzene rings is 1. The van der Waals surface area contributed by atoms with Crippen LogP contribution in [0.4, 0.5) is 0 Å². The fraction of sp³-hybridized carbons (Fsp3) is 0.176. The van der Waals surface area contributed by atoms with E-state index in [9.17, 15) is 4.79 Å². The van der Waals surface area contributed by atoms with Gasteiger partial charge in [-0.05, 0) is 36.4 Å². The minimum atomic E-state index is -0.262. The Balaban J connectivity index is 1.41. The van der Waals surface area contributed by atoms with Crippen molar-refractivity contribution in [1.29, 1.82) is 0 Å². The number of methoxy groups -OCH3 is 1. The molecule has 0 radical (unpaired) electrons. The van der Waals surface area contributed by atoms with Crippen molar-refractivity contribution in [2.24, 2.45) is 5.10 Å². The van der Waals surface area contributed by atoms with Crippen LogP contribution in [0.5, 0.6) is 11.5 Å². The highest BCUT2D eigenvalue weighted by Crippen LogP contribution is 2.18. The molecular weight excluding hydrogens is 370 g/mol. The molecule has 10 heteroatoms. The first kappa shape index (κ1) is 18.5. The zero-order valence-electron chi connectivity index (χ0n) is 14.4. The van der Waals surface area contributed by atoms with Crippen LogP contribution in [-0.4, -0.2) is 40.2 Å². The number of rotatable bonds is 9. The summed E-state index contributed by atoms with van der Waals surface area (Å²) in [6.07, 6.45) is 2.80. The van der Waals surface area contributed by atoms with Crippen LogP contribution in [-0.2, 0) is 11.4 Å². The molecule has 0 aliphatic rings. The SMILES string of the molecule is COc1ccc(OCc2ccc(/C=N/NC(=O)CSc3ncn[nH]3)o2)cc1. The van der Waals surface area contributed by atoms with Crippen LogP contribution < -0.4 is 14.9 Å².